The maximum absolute atomic E-state index is 11.2. The highest BCUT2D eigenvalue weighted by Gasteiger charge is 2.19. The molecule has 0 spiro atoms. The SMILES string of the molecule is CCc1c(C(=O)O)c[nH]c1C(=O)OC. The molecule has 0 bridgehead atoms. The number of aromatic amines is 1. The number of aromatic carboxylic acids is 1. The predicted molar refractivity (Wildman–Crippen MR) is 48.5 cm³/mol. The number of hydrogen-bond donors (Lipinski definition) is 2. The number of ether oxygens (including phenoxy) is 1. The van der Waals surface area contributed by atoms with Crippen molar-refractivity contribution in [2.24, 2.45) is 0 Å². The van der Waals surface area contributed by atoms with Crippen molar-refractivity contribution in [2.45, 2.75) is 13.3 Å². The number of nitrogens with one attached hydrogen (secondary N) is 1. The van der Waals surface area contributed by atoms with Crippen LogP contribution in [0.4, 0.5) is 0 Å². The van der Waals surface area contributed by atoms with Gasteiger partial charge in [0.1, 0.15) is 5.69 Å². The fourth-order valence-corrected chi connectivity index (χ4v) is 1.30. The Kier molecular flexibility index (Phi) is 2.91. The van der Waals surface area contributed by atoms with Gasteiger partial charge in [0.2, 0.25) is 0 Å². The van der Waals surface area contributed by atoms with E-state index in [0.29, 0.717) is 12.0 Å². The van der Waals surface area contributed by atoms with Crippen molar-refractivity contribution in [3.8, 4) is 0 Å². The molecule has 0 unspecified atom stereocenters. The second-order valence-electron chi connectivity index (χ2n) is 2.71. The fourth-order valence-electron chi connectivity index (χ4n) is 1.30. The molecule has 5 heteroatoms. The van der Waals surface area contributed by atoms with Crippen LogP contribution in [0.2, 0.25) is 0 Å². The number of rotatable bonds is 3. The molecule has 0 radical (unpaired) electrons. The topological polar surface area (TPSA) is 79.4 Å². The van der Waals surface area contributed by atoms with E-state index >= 15 is 0 Å². The minimum atomic E-state index is -1.05. The summed E-state index contributed by atoms with van der Waals surface area (Å²) in [6.07, 6.45) is 1.77. The zero-order valence-electron chi connectivity index (χ0n) is 7.96. The van der Waals surface area contributed by atoms with Gasteiger partial charge in [-0.1, -0.05) is 6.92 Å². The maximum Gasteiger partial charge on any atom is 0.354 e. The summed E-state index contributed by atoms with van der Waals surface area (Å²) >= 11 is 0. The third-order valence-electron chi connectivity index (χ3n) is 1.96. The normalized spacial score (nSPS) is 9.86. The third-order valence-corrected chi connectivity index (χ3v) is 1.96. The Morgan fingerprint density at radius 1 is 1.57 bits per heavy atom. The smallest absolute Gasteiger partial charge is 0.354 e. The van der Waals surface area contributed by atoms with Crippen LogP contribution in [-0.2, 0) is 11.2 Å². The van der Waals surface area contributed by atoms with Gasteiger partial charge in [0.05, 0.1) is 12.7 Å². The largest absolute Gasteiger partial charge is 0.478 e. The second kappa shape index (κ2) is 3.95. The lowest BCUT2D eigenvalue weighted by molar-refractivity contribution is 0.0593. The van der Waals surface area contributed by atoms with Gasteiger partial charge < -0.3 is 14.8 Å². The lowest BCUT2D eigenvalue weighted by Crippen LogP contribution is -2.06. The van der Waals surface area contributed by atoms with Crippen molar-refractivity contribution in [3.63, 3.8) is 0 Å². The number of esters is 1. The highest BCUT2D eigenvalue weighted by molar-refractivity contribution is 5.96. The number of hydrogen-bond acceptors (Lipinski definition) is 3. The Morgan fingerprint density at radius 3 is 2.64 bits per heavy atom. The molecule has 76 valence electrons. The fraction of sp³-hybridized carbons (Fsp3) is 0.333. The van der Waals surface area contributed by atoms with E-state index in [1.165, 1.54) is 13.3 Å². The number of carboxylic acids is 1. The molecular weight excluding hydrogens is 186 g/mol. The first-order chi connectivity index (χ1) is 6.61. The molecule has 2 N–H and O–H groups in total. The van der Waals surface area contributed by atoms with E-state index in [-0.39, 0.29) is 11.3 Å². The molecule has 0 saturated carbocycles. The molecule has 0 atom stereocenters. The monoisotopic (exact) mass is 197 g/mol. The van der Waals surface area contributed by atoms with E-state index in [1.54, 1.807) is 6.92 Å². The van der Waals surface area contributed by atoms with Crippen molar-refractivity contribution in [1.82, 2.24) is 4.98 Å². The third kappa shape index (κ3) is 1.61. The molecule has 0 saturated heterocycles. The van der Waals surface area contributed by atoms with Gasteiger partial charge in [-0.15, -0.1) is 0 Å². The van der Waals surface area contributed by atoms with Gasteiger partial charge in [0, 0.05) is 6.20 Å². The van der Waals surface area contributed by atoms with E-state index in [1.807, 2.05) is 0 Å². The molecular formula is C9H11NO4. The Hall–Kier alpha value is -1.78. The number of aromatic nitrogens is 1. The van der Waals surface area contributed by atoms with Gasteiger partial charge in [0.25, 0.3) is 0 Å². The van der Waals surface area contributed by atoms with E-state index in [9.17, 15) is 9.59 Å². The van der Waals surface area contributed by atoms with Crippen molar-refractivity contribution in [3.05, 3.63) is 23.0 Å². The van der Waals surface area contributed by atoms with Crippen LogP contribution >= 0.6 is 0 Å². The average molecular weight is 197 g/mol. The van der Waals surface area contributed by atoms with Crippen LogP contribution in [0, 0.1) is 0 Å². The minimum absolute atomic E-state index is 0.118. The molecule has 1 aromatic heterocycles. The Balaban J connectivity index is 3.20. The zero-order chi connectivity index (χ0) is 10.7. The first-order valence-corrected chi connectivity index (χ1v) is 4.13. The van der Waals surface area contributed by atoms with E-state index in [0.717, 1.165) is 0 Å². The van der Waals surface area contributed by atoms with Crippen LogP contribution in [0.15, 0.2) is 6.20 Å². The van der Waals surface area contributed by atoms with Crippen molar-refractivity contribution in [2.75, 3.05) is 7.11 Å². The van der Waals surface area contributed by atoms with Crippen LogP contribution in [0.5, 0.6) is 0 Å². The number of carbonyl (C=O) groups excluding carboxylic acids is 1. The highest BCUT2D eigenvalue weighted by Crippen LogP contribution is 2.15. The number of methoxy groups -OCH3 is 1. The first-order valence-electron chi connectivity index (χ1n) is 4.13. The molecule has 14 heavy (non-hydrogen) atoms. The summed E-state index contributed by atoms with van der Waals surface area (Å²) in [7, 11) is 1.25. The summed E-state index contributed by atoms with van der Waals surface area (Å²) in [5.74, 6) is -1.59. The molecule has 0 fully saturated rings. The Labute approximate surface area is 80.7 Å². The summed E-state index contributed by atoms with van der Waals surface area (Å²) in [5.41, 5.74) is 0.810. The minimum Gasteiger partial charge on any atom is -0.478 e. The summed E-state index contributed by atoms with van der Waals surface area (Å²) < 4.78 is 4.51. The van der Waals surface area contributed by atoms with Crippen LogP contribution in [0.1, 0.15) is 33.3 Å². The molecule has 0 aliphatic carbocycles. The van der Waals surface area contributed by atoms with Gasteiger partial charge in [-0.25, -0.2) is 9.59 Å². The van der Waals surface area contributed by atoms with Gasteiger partial charge in [0.15, 0.2) is 0 Å². The molecule has 5 nitrogen and oxygen atoms in total. The molecule has 1 heterocycles. The van der Waals surface area contributed by atoms with Gasteiger partial charge in [-0.05, 0) is 12.0 Å². The molecule has 1 rings (SSSR count). The molecule has 0 amide bonds. The maximum atomic E-state index is 11.2. The van der Waals surface area contributed by atoms with E-state index in [4.69, 9.17) is 5.11 Å². The average Bonchev–Trinajstić information content (AvgIpc) is 2.59. The van der Waals surface area contributed by atoms with Gasteiger partial charge in [-0.2, -0.15) is 0 Å². The quantitative estimate of drug-likeness (QED) is 0.710. The highest BCUT2D eigenvalue weighted by atomic mass is 16.5. The molecule has 0 aliphatic rings. The van der Waals surface area contributed by atoms with E-state index in [2.05, 4.69) is 9.72 Å². The van der Waals surface area contributed by atoms with Crippen molar-refractivity contribution >= 4 is 11.9 Å². The van der Waals surface area contributed by atoms with Crippen molar-refractivity contribution < 1.29 is 19.4 Å². The Bertz CT molecular complexity index is 367. The lowest BCUT2D eigenvalue weighted by Gasteiger charge is -2.00. The lowest BCUT2D eigenvalue weighted by atomic mass is 10.1. The van der Waals surface area contributed by atoms with Crippen LogP contribution in [0.25, 0.3) is 0 Å². The van der Waals surface area contributed by atoms with Crippen LogP contribution in [-0.4, -0.2) is 29.1 Å². The van der Waals surface area contributed by atoms with Crippen molar-refractivity contribution in [1.29, 1.82) is 0 Å². The number of carbonyl (C=O) groups is 2. The van der Waals surface area contributed by atoms with E-state index < -0.39 is 11.9 Å². The molecule has 0 aliphatic heterocycles. The summed E-state index contributed by atoms with van der Waals surface area (Å²) in [4.78, 5) is 24.5. The summed E-state index contributed by atoms with van der Waals surface area (Å²) in [5, 5.41) is 8.79. The van der Waals surface area contributed by atoms with Crippen LogP contribution in [0.3, 0.4) is 0 Å². The molecule has 0 aromatic carbocycles. The molecule has 1 aromatic rings. The summed E-state index contributed by atoms with van der Waals surface area (Å²) in [6.45, 7) is 1.78. The van der Waals surface area contributed by atoms with Crippen LogP contribution < -0.4 is 0 Å². The first kappa shape index (κ1) is 10.3. The predicted octanol–water partition coefficient (Wildman–Crippen LogP) is 1.06. The number of H-pyrrole nitrogens is 1. The summed E-state index contributed by atoms with van der Waals surface area (Å²) in [6, 6.07) is 0. The zero-order valence-corrected chi connectivity index (χ0v) is 7.96. The second-order valence-corrected chi connectivity index (χ2v) is 2.71. The number of carboxylic acid groups (broad SMARTS) is 1. The standard InChI is InChI=1S/C9H11NO4/c1-3-5-6(8(11)12)4-10-7(5)9(13)14-2/h4,10H,3H2,1-2H3,(H,11,12). The Morgan fingerprint density at radius 2 is 2.21 bits per heavy atom. The van der Waals surface area contributed by atoms with Gasteiger partial charge >= 0.3 is 11.9 Å². The van der Waals surface area contributed by atoms with Gasteiger partial charge in [-0.3, -0.25) is 0 Å².